The van der Waals surface area contributed by atoms with Crippen molar-refractivity contribution in [3.63, 3.8) is 0 Å². The van der Waals surface area contributed by atoms with Crippen molar-refractivity contribution in [2.45, 2.75) is 6.61 Å². The first-order valence-electron chi connectivity index (χ1n) is 7.01. The normalized spacial score (nSPS) is 10.1. The third-order valence-corrected chi connectivity index (χ3v) is 3.25. The number of aromatic nitrogens is 2. The van der Waals surface area contributed by atoms with Gasteiger partial charge in [-0.05, 0) is 17.7 Å². The number of hydrogen-bond acceptors (Lipinski definition) is 3. The molecule has 23 heavy (non-hydrogen) atoms. The Labute approximate surface area is 133 Å². The van der Waals surface area contributed by atoms with Crippen molar-refractivity contribution in [2.24, 2.45) is 0 Å². The molecule has 0 unspecified atom stereocenters. The van der Waals surface area contributed by atoms with E-state index < -0.39 is 5.82 Å². The summed E-state index contributed by atoms with van der Waals surface area (Å²) in [5.74, 6) is 2.72. The first-order chi connectivity index (χ1) is 11.3. The van der Waals surface area contributed by atoms with Gasteiger partial charge < -0.3 is 4.74 Å². The van der Waals surface area contributed by atoms with E-state index in [1.807, 2.05) is 30.3 Å². The number of nitrogens with zero attached hydrogens (tertiary/aromatic N) is 2. The minimum atomic E-state index is -0.441. The summed E-state index contributed by atoms with van der Waals surface area (Å²) in [5.41, 5.74) is 1.88. The molecular formula is C19H13FN2O. The molecule has 1 heterocycles. The summed E-state index contributed by atoms with van der Waals surface area (Å²) in [6, 6.07) is 14.3. The Hall–Kier alpha value is -3.19. The Balaban J connectivity index is 1.76. The lowest BCUT2D eigenvalue weighted by molar-refractivity contribution is 0.304. The number of benzene rings is 2. The summed E-state index contributed by atoms with van der Waals surface area (Å²) in [5, 5.41) is 0. The van der Waals surface area contributed by atoms with Crippen molar-refractivity contribution in [2.75, 3.05) is 0 Å². The van der Waals surface area contributed by atoms with Gasteiger partial charge in [-0.25, -0.2) is 14.4 Å². The summed E-state index contributed by atoms with van der Waals surface area (Å²) < 4.78 is 19.8. The van der Waals surface area contributed by atoms with Crippen molar-refractivity contribution in [3.8, 4) is 29.5 Å². The van der Waals surface area contributed by atoms with E-state index in [4.69, 9.17) is 11.2 Å². The van der Waals surface area contributed by atoms with Crippen LogP contribution in [0.25, 0.3) is 11.4 Å². The van der Waals surface area contributed by atoms with E-state index in [0.29, 0.717) is 23.5 Å². The van der Waals surface area contributed by atoms with Crippen LogP contribution in [0.4, 0.5) is 4.39 Å². The fraction of sp³-hybridized carbons (Fsp3) is 0.0526. The van der Waals surface area contributed by atoms with E-state index in [1.165, 1.54) is 18.5 Å². The molecule has 0 saturated heterocycles. The predicted octanol–water partition coefficient (Wildman–Crippen LogP) is 3.84. The fourth-order valence-electron chi connectivity index (χ4n) is 2.05. The molecule has 112 valence electrons. The molecule has 0 amide bonds. The van der Waals surface area contributed by atoms with Gasteiger partial charge in [0.1, 0.15) is 18.2 Å². The van der Waals surface area contributed by atoms with Crippen LogP contribution in [0.3, 0.4) is 0 Å². The molecule has 0 atom stereocenters. The molecule has 0 aliphatic heterocycles. The molecule has 4 heteroatoms. The number of rotatable bonds is 4. The van der Waals surface area contributed by atoms with Crippen LogP contribution in [-0.2, 0) is 6.61 Å². The van der Waals surface area contributed by atoms with Gasteiger partial charge in [-0.1, -0.05) is 36.3 Å². The fourth-order valence-corrected chi connectivity index (χ4v) is 2.05. The van der Waals surface area contributed by atoms with Gasteiger partial charge in [-0.2, -0.15) is 0 Å². The largest absolute Gasteiger partial charge is 0.489 e. The standard InChI is InChI=1S/C19H13FN2O/c1-2-14-11-21-19(22-12-14)17-9-8-16(10-18(17)20)23-13-15-6-4-3-5-7-15/h1,3-12H,13H2. The molecule has 0 N–H and O–H groups in total. The maximum Gasteiger partial charge on any atom is 0.162 e. The minimum absolute atomic E-state index is 0.288. The summed E-state index contributed by atoms with van der Waals surface area (Å²) in [4.78, 5) is 8.14. The second kappa shape index (κ2) is 6.71. The Morgan fingerprint density at radius 3 is 2.43 bits per heavy atom. The van der Waals surface area contributed by atoms with Crippen LogP contribution in [0.15, 0.2) is 60.9 Å². The van der Waals surface area contributed by atoms with Crippen molar-refractivity contribution in [1.29, 1.82) is 0 Å². The van der Waals surface area contributed by atoms with Gasteiger partial charge in [-0.15, -0.1) is 6.42 Å². The third kappa shape index (κ3) is 3.53. The number of halogens is 1. The second-order valence-electron chi connectivity index (χ2n) is 4.86. The zero-order valence-electron chi connectivity index (χ0n) is 12.2. The van der Waals surface area contributed by atoms with Crippen molar-refractivity contribution in [3.05, 3.63) is 77.9 Å². The topological polar surface area (TPSA) is 35.0 Å². The first kappa shape index (κ1) is 14.7. The second-order valence-corrected chi connectivity index (χ2v) is 4.86. The van der Waals surface area contributed by atoms with Crippen molar-refractivity contribution >= 4 is 0 Å². The molecule has 2 aromatic carbocycles. The highest BCUT2D eigenvalue weighted by Crippen LogP contribution is 2.24. The number of hydrogen-bond donors (Lipinski definition) is 0. The molecule has 3 aromatic rings. The Bertz CT molecular complexity index is 839. The van der Waals surface area contributed by atoms with Crippen molar-refractivity contribution in [1.82, 2.24) is 9.97 Å². The van der Waals surface area contributed by atoms with E-state index >= 15 is 0 Å². The Morgan fingerprint density at radius 2 is 1.78 bits per heavy atom. The van der Waals surface area contributed by atoms with Gasteiger partial charge in [0.15, 0.2) is 5.82 Å². The van der Waals surface area contributed by atoms with Gasteiger partial charge in [0.25, 0.3) is 0 Å². The summed E-state index contributed by atoms with van der Waals surface area (Å²) in [6.07, 6.45) is 8.22. The molecule has 3 rings (SSSR count). The zero-order chi connectivity index (χ0) is 16.1. The Morgan fingerprint density at radius 1 is 1.04 bits per heavy atom. The lowest BCUT2D eigenvalue weighted by Gasteiger charge is -2.08. The van der Waals surface area contributed by atoms with E-state index in [1.54, 1.807) is 12.1 Å². The molecular weight excluding hydrogens is 291 g/mol. The lowest BCUT2D eigenvalue weighted by Crippen LogP contribution is -1.97. The molecule has 0 aliphatic rings. The highest BCUT2D eigenvalue weighted by Gasteiger charge is 2.09. The van der Waals surface area contributed by atoms with Gasteiger partial charge in [0, 0.05) is 18.5 Å². The van der Waals surface area contributed by atoms with Crippen molar-refractivity contribution < 1.29 is 9.13 Å². The summed E-state index contributed by atoms with van der Waals surface area (Å²) >= 11 is 0. The van der Waals surface area contributed by atoms with Gasteiger partial charge >= 0.3 is 0 Å². The molecule has 0 bridgehead atoms. The van der Waals surface area contributed by atoms with Crippen LogP contribution in [-0.4, -0.2) is 9.97 Å². The molecule has 0 saturated carbocycles. The van der Waals surface area contributed by atoms with Gasteiger partial charge in [-0.3, -0.25) is 0 Å². The van der Waals surface area contributed by atoms with Crippen LogP contribution >= 0.6 is 0 Å². The van der Waals surface area contributed by atoms with Gasteiger partial charge in [0.2, 0.25) is 0 Å². The lowest BCUT2D eigenvalue weighted by atomic mass is 10.2. The van der Waals surface area contributed by atoms with E-state index in [9.17, 15) is 4.39 Å². The monoisotopic (exact) mass is 304 g/mol. The van der Waals surface area contributed by atoms with E-state index in [-0.39, 0.29) is 5.82 Å². The number of ether oxygens (including phenoxy) is 1. The third-order valence-electron chi connectivity index (χ3n) is 3.25. The van der Waals surface area contributed by atoms with Crippen LogP contribution in [0.1, 0.15) is 11.1 Å². The first-order valence-corrected chi connectivity index (χ1v) is 7.01. The highest BCUT2D eigenvalue weighted by molar-refractivity contribution is 5.57. The van der Waals surface area contributed by atoms with Gasteiger partial charge in [0.05, 0.1) is 11.1 Å². The quantitative estimate of drug-likeness (QED) is 0.687. The van der Waals surface area contributed by atoms with Crippen LogP contribution in [0.5, 0.6) is 5.75 Å². The minimum Gasteiger partial charge on any atom is -0.489 e. The molecule has 0 aliphatic carbocycles. The Kier molecular flexibility index (Phi) is 4.30. The zero-order valence-corrected chi connectivity index (χ0v) is 12.2. The van der Waals surface area contributed by atoms with E-state index in [0.717, 1.165) is 5.56 Å². The summed E-state index contributed by atoms with van der Waals surface area (Å²) in [6.45, 7) is 0.382. The number of terminal acetylenes is 1. The molecule has 3 nitrogen and oxygen atoms in total. The summed E-state index contributed by atoms with van der Waals surface area (Å²) in [7, 11) is 0. The SMILES string of the molecule is C#Cc1cnc(-c2ccc(OCc3ccccc3)cc2F)nc1. The average Bonchev–Trinajstić information content (AvgIpc) is 2.61. The predicted molar refractivity (Wildman–Crippen MR) is 86.1 cm³/mol. The average molecular weight is 304 g/mol. The maximum atomic E-state index is 14.2. The molecule has 0 radical (unpaired) electrons. The molecule has 0 fully saturated rings. The van der Waals surface area contributed by atoms with Crippen LogP contribution in [0, 0.1) is 18.2 Å². The van der Waals surface area contributed by atoms with Crippen LogP contribution in [0.2, 0.25) is 0 Å². The molecule has 1 aromatic heterocycles. The van der Waals surface area contributed by atoms with E-state index in [2.05, 4.69) is 15.9 Å². The molecule has 0 spiro atoms. The van der Waals surface area contributed by atoms with Crippen LogP contribution < -0.4 is 4.74 Å². The highest BCUT2D eigenvalue weighted by atomic mass is 19.1. The maximum absolute atomic E-state index is 14.2. The smallest absolute Gasteiger partial charge is 0.162 e.